The molecule has 2 aromatic rings. The normalized spacial score (nSPS) is 28.5. The number of amides is 2. The number of likely N-dealkylation sites (tertiary alicyclic amines) is 1. The van der Waals surface area contributed by atoms with Crippen molar-refractivity contribution in [3.05, 3.63) is 72.1 Å². The molecule has 34 heavy (non-hydrogen) atoms. The molecule has 3 atom stereocenters. The van der Waals surface area contributed by atoms with E-state index >= 15 is 0 Å². The van der Waals surface area contributed by atoms with Crippen molar-refractivity contribution >= 4 is 45.8 Å². The number of likely N-dealkylation sites (N-methyl/N-ethyl adjacent to an activating group) is 2. The van der Waals surface area contributed by atoms with Gasteiger partial charge in [-0.3, -0.25) is 19.4 Å². The summed E-state index contributed by atoms with van der Waals surface area (Å²) in [5.41, 5.74) is 0.490. The monoisotopic (exact) mass is 497 g/mol. The molecule has 2 saturated heterocycles. The number of benzene rings is 2. The van der Waals surface area contributed by atoms with Crippen LogP contribution in [0.4, 0.5) is 10.1 Å². The summed E-state index contributed by atoms with van der Waals surface area (Å²) >= 11 is 6.90. The molecule has 0 aliphatic carbocycles. The molecule has 2 aromatic carbocycles. The van der Waals surface area contributed by atoms with E-state index in [1.165, 1.54) is 33.7 Å². The number of halogens is 1. The van der Waals surface area contributed by atoms with Crippen LogP contribution in [0.25, 0.3) is 0 Å². The van der Waals surface area contributed by atoms with Crippen LogP contribution in [0.2, 0.25) is 0 Å². The summed E-state index contributed by atoms with van der Waals surface area (Å²) in [6.45, 7) is 4.40. The van der Waals surface area contributed by atoms with Crippen LogP contribution in [0.15, 0.2) is 55.1 Å². The van der Waals surface area contributed by atoms with E-state index in [0.717, 1.165) is 5.56 Å². The molecule has 3 aliphatic heterocycles. The Morgan fingerprint density at radius 3 is 2.71 bits per heavy atom. The van der Waals surface area contributed by atoms with E-state index in [9.17, 15) is 14.0 Å². The van der Waals surface area contributed by atoms with Crippen molar-refractivity contribution in [3.8, 4) is 5.75 Å². The molecule has 3 heterocycles. The van der Waals surface area contributed by atoms with Crippen LogP contribution >= 0.6 is 24.0 Å². The predicted octanol–water partition coefficient (Wildman–Crippen LogP) is 3.52. The van der Waals surface area contributed by atoms with Crippen molar-refractivity contribution in [1.29, 1.82) is 0 Å². The number of fused-ring (bicyclic) bond motifs is 3. The molecule has 0 N–H and O–H groups in total. The van der Waals surface area contributed by atoms with Gasteiger partial charge in [-0.1, -0.05) is 42.2 Å². The number of anilines is 1. The minimum Gasteiger partial charge on any atom is -0.497 e. The molecular formula is C25H24FN3O3S2. The van der Waals surface area contributed by atoms with Crippen LogP contribution in [0, 0.1) is 5.82 Å². The van der Waals surface area contributed by atoms with Gasteiger partial charge in [0.1, 0.15) is 20.6 Å². The predicted molar refractivity (Wildman–Crippen MR) is 135 cm³/mol. The zero-order valence-electron chi connectivity index (χ0n) is 19.1. The topological polar surface area (TPSA) is 53.1 Å². The van der Waals surface area contributed by atoms with Crippen LogP contribution < -0.4 is 9.64 Å². The van der Waals surface area contributed by atoms with Gasteiger partial charge in [0.25, 0.3) is 5.91 Å². The largest absolute Gasteiger partial charge is 0.497 e. The first kappa shape index (κ1) is 23.0. The van der Waals surface area contributed by atoms with Gasteiger partial charge >= 0.3 is 0 Å². The Hall–Kier alpha value is -2.75. The number of thiocarbonyl (C=S) groups is 1. The Morgan fingerprint density at radius 2 is 2.00 bits per heavy atom. The highest BCUT2D eigenvalue weighted by Crippen LogP contribution is 2.66. The average Bonchev–Trinajstić information content (AvgIpc) is 3.33. The third-order valence-corrected chi connectivity index (χ3v) is 9.16. The highest BCUT2D eigenvalue weighted by Gasteiger charge is 2.78. The first-order chi connectivity index (χ1) is 16.2. The van der Waals surface area contributed by atoms with E-state index < -0.39 is 22.0 Å². The van der Waals surface area contributed by atoms with E-state index in [4.69, 9.17) is 17.0 Å². The lowest BCUT2D eigenvalue weighted by molar-refractivity contribution is -0.138. The fourth-order valence-electron chi connectivity index (χ4n) is 5.81. The molecular weight excluding hydrogens is 473 g/mol. The van der Waals surface area contributed by atoms with Gasteiger partial charge in [-0.2, -0.15) is 0 Å². The van der Waals surface area contributed by atoms with Crippen LogP contribution in [0.1, 0.15) is 17.0 Å². The Morgan fingerprint density at radius 1 is 1.24 bits per heavy atom. The van der Waals surface area contributed by atoms with Crippen LogP contribution in [-0.2, 0) is 15.1 Å². The fourth-order valence-corrected chi connectivity index (χ4v) is 7.96. The maximum absolute atomic E-state index is 14.6. The van der Waals surface area contributed by atoms with Gasteiger partial charge in [0, 0.05) is 37.3 Å². The van der Waals surface area contributed by atoms with Gasteiger partial charge in [0.15, 0.2) is 5.54 Å². The molecule has 176 valence electrons. The van der Waals surface area contributed by atoms with Crippen LogP contribution in [0.5, 0.6) is 5.75 Å². The number of nitrogens with zero attached hydrogens (tertiary/aromatic N) is 3. The van der Waals surface area contributed by atoms with Crippen LogP contribution in [0.3, 0.4) is 0 Å². The fraction of sp³-hybridized carbons (Fsp3) is 0.320. The number of thioether (sulfide) groups is 1. The number of methoxy groups -OCH3 is 1. The highest BCUT2D eigenvalue weighted by atomic mass is 32.2. The number of rotatable bonds is 4. The smallest absolute Gasteiger partial charge is 0.254 e. The molecule has 9 heteroatoms. The summed E-state index contributed by atoms with van der Waals surface area (Å²) in [6, 6.07) is 11.8. The second kappa shape index (κ2) is 7.90. The van der Waals surface area contributed by atoms with E-state index in [2.05, 4.69) is 6.58 Å². The summed E-state index contributed by atoms with van der Waals surface area (Å²) in [7, 11) is 5.07. The Balaban J connectivity index is 1.84. The molecule has 0 unspecified atom stereocenters. The Bertz CT molecular complexity index is 1250. The van der Waals surface area contributed by atoms with E-state index in [-0.39, 0.29) is 18.4 Å². The molecule has 6 nitrogen and oxygen atoms in total. The van der Waals surface area contributed by atoms with Gasteiger partial charge < -0.3 is 9.64 Å². The third-order valence-electron chi connectivity index (χ3n) is 7.22. The maximum Gasteiger partial charge on any atom is 0.254 e. The van der Waals surface area contributed by atoms with Gasteiger partial charge in [0.05, 0.1) is 7.11 Å². The van der Waals surface area contributed by atoms with E-state index in [1.807, 2.05) is 36.2 Å². The molecule has 0 radical (unpaired) electrons. The first-order valence-corrected chi connectivity index (χ1v) is 12.1. The lowest BCUT2D eigenvalue weighted by Crippen LogP contribution is -2.62. The quantitative estimate of drug-likeness (QED) is 0.476. The Kier molecular flexibility index (Phi) is 5.34. The second-order valence-electron chi connectivity index (χ2n) is 8.75. The zero-order valence-corrected chi connectivity index (χ0v) is 20.7. The van der Waals surface area contributed by atoms with Crippen molar-refractivity contribution in [2.45, 2.75) is 16.2 Å². The maximum atomic E-state index is 14.6. The molecule has 0 saturated carbocycles. The number of hydrogen-bond acceptors (Lipinski definition) is 6. The average molecular weight is 498 g/mol. The van der Waals surface area contributed by atoms with Gasteiger partial charge in [-0.25, -0.2) is 4.39 Å². The minimum atomic E-state index is -1.44. The van der Waals surface area contributed by atoms with E-state index in [1.54, 1.807) is 26.3 Å². The molecule has 0 aromatic heterocycles. The lowest BCUT2D eigenvalue weighted by atomic mass is 9.72. The minimum absolute atomic E-state index is 0.233. The summed E-state index contributed by atoms with van der Waals surface area (Å²) < 4.78 is 19.1. The first-order valence-electron chi connectivity index (χ1n) is 10.8. The zero-order chi connectivity index (χ0) is 24.4. The number of carbonyl (C=O) groups excluding carboxylic acids is 2. The molecule has 3 aliphatic rings. The Labute approximate surface area is 207 Å². The summed E-state index contributed by atoms with van der Waals surface area (Å²) in [5, 5.41) is 0. The van der Waals surface area contributed by atoms with Crippen molar-refractivity contribution in [3.63, 3.8) is 0 Å². The molecule has 2 amide bonds. The molecule has 2 spiro atoms. The second-order valence-corrected chi connectivity index (χ2v) is 10.6. The SMILES string of the molecule is C=CCN1C(=O)[C@]2(SC1=S)[C@@H](c1cccc(OC)c1)CN(C)[C@]21C(=O)N(C)c2ccc(F)cc21. The third kappa shape index (κ3) is 2.68. The van der Waals surface area contributed by atoms with Crippen molar-refractivity contribution < 1.29 is 18.7 Å². The van der Waals surface area contributed by atoms with E-state index in [0.29, 0.717) is 27.9 Å². The van der Waals surface area contributed by atoms with Crippen LogP contribution in [-0.4, -0.2) is 65.0 Å². The lowest BCUT2D eigenvalue weighted by Gasteiger charge is -2.42. The van der Waals surface area contributed by atoms with Crippen molar-refractivity contribution in [2.24, 2.45) is 0 Å². The summed E-state index contributed by atoms with van der Waals surface area (Å²) in [4.78, 5) is 33.5. The molecule has 5 rings (SSSR count). The molecule has 0 bridgehead atoms. The van der Waals surface area contributed by atoms with Gasteiger partial charge in [0.2, 0.25) is 5.91 Å². The van der Waals surface area contributed by atoms with Crippen molar-refractivity contribution in [2.75, 3.05) is 39.2 Å². The van der Waals surface area contributed by atoms with Gasteiger partial charge in [-0.05, 0) is 42.9 Å². The summed E-state index contributed by atoms with van der Waals surface area (Å²) in [5.74, 6) is -0.762. The molecule has 2 fully saturated rings. The summed E-state index contributed by atoms with van der Waals surface area (Å²) in [6.07, 6.45) is 1.62. The number of hydrogen-bond donors (Lipinski definition) is 0. The number of carbonyl (C=O) groups is 2. The van der Waals surface area contributed by atoms with Crippen molar-refractivity contribution in [1.82, 2.24) is 9.80 Å². The standard InChI is InChI=1S/C25H24FN3O3S2/c1-5-11-29-22(31)25(34-23(29)33)19(15-7-6-8-17(12-15)32-4)14-27(2)24(25)18-13-16(26)9-10-20(18)28(3)21(24)30/h5-10,12-13,19H,1,11,14H2,2-4H3/t19-,24-,25-/m1/s1. The number of ether oxygens (including phenoxy) is 1. The van der Waals surface area contributed by atoms with Gasteiger partial charge in [-0.15, -0.1) is 6.58 Å². The highest BCUT2D eigenvalue weighted by molar-refractivity contribution is 8.25.